The summed E-state index contributed by atoms with van der Waals surface area (Å²) in [6, 6.07) is 83.4. The second-order valence-electron chi connectivity index (χ2n) is 16.0. The first-order chi connectivity index (χ1) is 30.7. The Hall–Kier alpha value is -7.72. The van der Waals surface area contributed by atoms with Crippen molar-refractivity contribution < 1.29 is 0 Å². The molecule has 0 saturated heterocycles. The average Bonchev–Trinajstić information content (AvgIpc) is 3.89. The van der Waals surface area contributed by atoms with E-state index in [2.05, 4.69) is 224 Å². The highest BCUT2D eigenvalue weighted by Crippen LogP contribution is 2.56. The van der Waals surface area contributed by atoms with Crippen molar-refractivity contribution in [1.82, 2.24) is 9.97 Å². The average molecular weight is 807 g/mol. The fourth-order valence-corrected chi connectivity index (χ4v) is 11.0. The number of nitrogens with zero attached hydrogens (tertiary/aromatic N) is 2. The van der Waals surface area contributed by atoms with Crippen molar-refractivity contribution in [2.45, 2.75) is 5.41 Å². The molecule has 0 amide bonds. The lowest BCUT2D eigenvalue weighted by atomic mass is 9.67. The van der Waals surface area contributed by atoms with Gasteiger partial charge >= 0.3 is 0 Å². The van der Waals surface area contributed by atoms with Gasteiger partial charge in [-0.05, 0) is 79.9 Å². The first kappa shape index (κ1) is 36.2. The highest BCUT2D eigenvalue weighted by Gasteiger charge is 2.46. The van der Waals surface area contributed by atoms with E-state index in [0.717, 1.165) is 33.6 Å². The summed E-state index contributed by atoms with van der Waals surface area (Å²) in [4.78, 5) is 10.6. The second kappa shape index (κ2) is 14.8. The number of hydrogen-bond acceptors (Lipinski definition) is 3. The number of benzene rings is 9. The van der Waals surface area contributed by atoms with E-state index in [0.29, 0.717) is 5.82 Å². The Balaban J connectivity index is 0.999. The number of hydrogen-bond donors (Lipinski definition) is 0. The van der Waals surface area contributed by atoms with Crippen molar-refractivity contribution in [3.63, 3.8) is 0 Å². The van der Waals surface area contributed by atoms with Crippen LogP contribution in [0.1, 0.15) is 22.3 Å². The van der Waals surface area contributed by atoms with E-state index in [-0.39, 0.29) is 0 Å². The largest absolute Gasteiger partial charge is 0.228 e. The fraction of sp³-hybridized carbons (Fsp3) is 0.0169. The zero-order valence-electron chi connectivity index (χ0n) is 33.7. The van der Waals surface area contributed by atoms with Gasteiger partial charge in [0.1, 0.15) is 0 Å². The van der Waals surface area contributed by atoms with Crippen LogP contribution in [-0.4, -0.2) is 9.97 Å². The van der Waals surface area contributed by atoms with E-state index < -0.39 is 5.41 Å². The van der Waals surface area contributed by atoms with Crippen LogP contribution >= 0.6 is 11.3 Å². The molecule has 0 aliphatic heterocycles. The molecule has 2 heterocycles. The minimum Gasteiger partial charge on any atom is -0.228 e. The molecule has 2 nitrogen and oxygen atoms in total. The molecule has 62 heavy (non-hydrogen) atoms. The molecule has 0 saturated carbocycles. The monoisotopic (exact) mass is 806 g/mol. The molecule has 11 aromatic rings. The van der Waals surface area contributed by atoms with Crippen LogP contribution < -0.4 is 0 Å². The molecule has 3 heteroatoms. The van der Waals surface area contributed by atoms with E-state index in [4.69, 9.17) is 9.97 Å². The summed E-state index contributed by atoms with van der Waals surface area (Å²) in [6.07, 6.45) is 0. The van der Waals surface area contributed by atoms with E-state index in [1.807, 2.05) is 17.4 Å². The van der Waals surface area contributed by atoms with Gasteiger partial charge in [-0.15, -0.1) is 11.3 Å². The molecule has 0 unspecified atom stereocenters. The fourth-order valence-electron chi connectivity index (χ4n) is 9.85. The predicted molar refractivity (Wildman–Crippen MR) is 259 cm³/mol. The van der Waals surface area contributed by atoms with E-state index in [9.17, 15) is 0 Å². The molecule has 1 aliphatic rings. The Kier molecular flexibility index (Phi) is 8.62. The lowest BCUT2D eigenvalue weighted by Gasteiger charge is -2.34. The maximum absolute atomic E-state index is 5.31. The Morgan fingerprint density at radius 3 is 1.60 bits per heavy atom. The molecule has 0 fully saturated rings. The van der Waals surface area contributed by atoms with Crippen molar-refractivity contribution in [3.8, 4) is 67.3 Å². The molecule has 9 aromatic carbocycles. The van der Waals surface area contributed by atoms with Crippen LogP contribution in [0.4, 0.5) is 0 Å². The number of fused-ring (bicyclic) bond motifs is 6. The third-order valence-corrected chi connectivity index (χ3v) is 13.8. The van der Waals surface area contributed by atoms with E-state index in [1.165, 1.54) is 70.2 Å². The Bertz CT molecular complexity index is 3400. The van der Waals surface area contributed by atoms with Gasteiger partial charge in [-0.3, -0.25) is 0 Å². The molecule has 290 valence electrons. The lowest BCUT2D eigenvalue weighted by Crippen LogP contribution is -2.28. The minimum atomic E-state index is -0.503. The van der Waals surface area contributed by atoms with Gasteiger partial charge in [0.05, 0.1) is 16.8 Å². The van der Waals surface area contributed by atoms with Crippen molar-refractivity contribution in [2.75, 3.05) is 0 Å². The SMILES string of the molecule is c1ccc(-c2nc(-c3ccc(-c4ccccc4-c4cccc5sc6ccccc6c45)cc3)cc(-c3ccc4c(c3)C(c3ccccc3)(c3ccccc3)c3ccccc3-4)n2)cc1. The number of aromatic nitrogens is 2. The Morgan fingerprint density at radius 1 is 0.323 bits per heavy atom. The Morgan fingerprint density at radius 2 is 0.855 bits per heavy atom. The van der Waals surface area contributed by atoms with Crippen LogP contribution in [-0.2, 0) is 5.41 Å². The number of thiophene rings is 1. The van der Waals surface area contributed by atoms with Crippen molar-refractivity contribution >= 4 is 31.5 Å². The summed E-state index contributed by atoms with van der Waals surface area (Å²) in [6.45, 7) is 0. The summed E-state index contributed by atoms with van der Waals surface area (Å²) in [7, 11) is 0. The first-order valence-electron chi connectivity index (χ1n) is 21.1. The van der Waals surface area contributed by atoms with Crippen molar-refractivity contribution in [2.24, 2.45) is 0 Å². The maximum Gasteiger partial charge on any atom is 0.160 e. The summed E-state index contributed by atoms with van der Waals surface area (Å²) < 4.78 is 2.62. The molecular formula is C59H38N2S. The van der Waals surface area contributed by atoms with Gasteiger partial charge in [0, 0.05) is 36.9 Å². The molecule has 0 bridgehead atoms. The molecule has 2 aromatic heterocycles. The van der Waals surface area contributed by atoms with Gasteiger partial charge in [-0.2, -0.15) is 0 Å². The van der Waals surface area contributed by atoms with E-state index in [1.54, 1.807) is 0 Å². The highest BCUT2D eigenvalue weighted by molar-refractivity contribution is 7.25. The molecule has 1 aliphatic carbocycles. The first-order valence-corrected chi connectivity index (χ1v) is 22.0. The molecular weight excluding hydrogens is 769 g/mol. The molecule has 12 rings (SSSR count). The molecule has 0 N–H and O–H groups in total. The smallest absolute Gasteiger partial charge is 0.160 e. The van der Waals surface area contributed by atoms with Gasteiger partial charge in [-0.25, -0.2) is 9.97 Å². The third kappa shape index (κ3) is 5.78. The van der Waals surface area contributed by atoms with Crippen LogP contribution in [0, 0.1) is 0 Å². The third-order valence-electron chi connectivity index (χ3n) is 12.6. The lowest BCUT2D eigenvalue weighted by molar-refractivity contribution is 0.768. The normalized spacial score (nSPS) is 12.6. The molecule has 0 spiro atoms. The van der Waals surface area contributed by atoms with Crippen molar-refractivity contribution in [1.29, 1.82) is 0 Å². The van der Waals surface area contributed by atoms with Crippen molar-refractivity contribution in [3.05, 3.63) is 253 Å². The van der Waals surface area contributed by atoms with Gasteiger partial charge in [-0.1, -0.05) is 206 Å². The standard InChI is InChI=1S/C59H38N2S/c1-4-17-41(18-5-1)58-60-53(40-33-31-39(32-34-40)45-23-10-11-24-46(45)49-27-16-30-56-57(49)50-26-13-15-29-55(50)62-56)38-54(61-58)42-35-36-48-47-25-12-14-28-51(47)59(52(48)37-42,43-19-6-2-7-20-43)44-21-8-3-9-22-44/h1-38H. The maximum atomic E-state index is 5.31. The second-order valence-corrected chi connectivity index (χ2v) is 17.1. The number of rotatable bonds is 7. The quantitative estimate of drug-likeness (QED) is 0.160. The van der Waals surface area contributed by atoms with Gasteiger partial charge in [0.2, 0.25) is 0 Å². The predicted octanol–water partition coefficient (Wildman–Crippen LogP) is 15.5. The van der Waals surface area contributed by atoms with Crippen LogP contribution in [0.5, 0.6) is 0 Å². The topological polar surface area (TPSA) is 25.8 Å². The summed E-state index contributed by atoms with van der Waals surface area (Å²) in [5.74, 6) is 0.699. The molecule has 0 atom stereocenters. The molecule has 0 radical (unpaired) electrons. The van der Waals surface area contributed by atoms with Crippen LogP contribution in [0.2, 0.25) is 0 Å². The van der Waals surface area contributed by atoms with Crippen LogP contribution in [0.3, 0.4) is 0 Å². The Labute approximate surface area is 365 Å². The zero-order chi connectivity index (χ0) is 41.0. The van der Waals surface area contributed by atoms with Gasteiger partial charge < -0.3 is 0 Å². The van der Waals surface area contributed by atoms with E-state index >= 15 is 0 Å². The van der Waals surface area contributed by atoms with Gasteiger partial charge in [0.25, 0.3) is 0 Å². The van der Waals surface area contributed by atoms with Crippen LogP contribution in [0.25, 0.3) is 87.5 Å². The van der Waals surface area contributed by atoms with Crippen LogP contribution in [0.15, 0.2) is 231 Å². The summed E-state index contributed by atoms with van der Waals surface area (Å²) >= 11 is 1.86. The minimum absolute atomic E-state index is 0.503. The zero-order valence-corrected chi connectivity index (χ0v) is 34.6. The highest BCUT2D eigenvalue weighted by atomic mass is 32.1. The summed E-state index contributed by atoms with van der Waals surface area (Å²) in [5.41, 5.74) is 16.7. The van der Waals surface area contributed by atoms with Gasteiger partial charge in [0.15, 0.2) is 5.82 Å². The summed E-state index contributed by atoms with van der Waals surface area (Å²) in [5, 5.41) is 2.63.